The second-order valence-corrected chi connectivity index (χ2v) is 4.59. The molecule has 1 aromatic rings. The standard InChI is InChI=1S/C14H18O3/c15-14(16)10-11-6-8-13(9-7-11)17-12-4-2-1-3-5-12/h6-9,12H,1-5,10H2,(H,15,16). The average molecular weight is 234 g/mol. The summed E-state index contributed by atoms with van der Waals surface area (Å²) in [6, 6.07) is 7.39. The number of carboxylic acids is 1. The molecule has 92 valence electrons. The SMILES string of the molecule is O=C(O)Cc1ccc(OC2CCCCC2)cc1. The number of aliphatic carboxylic acids is 1. The Morgan fingerprint density at radius 2 is 1.82 bits per heavy atom. The van der Waals surface area contributed by atoms with Gasteiger partial charge in [-0.25, -0.2) is 0 Å². The van der Waals surface area contributed by atoms with Crippen molar-refractivity contribution in [3.8, 4) is 5.75 Å². The smallest absolute Gasteiger partial charge is 0.307 e. The Kier molecular flexibility index (Phi) is 4.02. The fraction of sp³-hybridized carbons (Fsp3) is 0.500. The number of benzene rings is 1. The van der Waals surface area contributed by atoms with Crippen molar-refractivity contribution >= 4 is 5.97 Å². The fourth-order valence-electron chi connectivity index (χ4n) is 2.24. The van der Waals surface area contributed by atoms with Gasteiger partial charge in [0.05, 0.1) is 12.5 Å². The van der Waals surface area contributed by atoms with Crippen LogP contribution in [-0.4, -0.2) is 17.2 Å². The molecule has 0 aliphatic heterocycles. The van der Waals surface area contributed by atoms with Gasteiger partial charge < -0.3 is 9.84 Å². The normalized spacial score (nSPS) is 16.7. The molecule has 3 heteroatoms. The largest absolute Gasteiger partial charge is 0.490 e. The van der Waals surface area contributed by atoms with Gasteiger partial charge in [0.25, 0.3) is 0 Å². The Morgan fingerprint density at radius 1 is 1.18 bits per heavy atom. The molecule has 1 aromatic carbocycles. The van der Waals surface area contributed by atoms with Crippen LogP contribution in [0, 0.1) is 0 Å². The molecule has 1 fully saturated rings. The first kappa shape index (κ1) is 12.0. The molecular formula is C14H18O3. The summed E-state index contributed by atoms with van der Waals surface area (Å²) in [7, 11) is 0. The van der Waals surface area contributed by atoms with Crippen molar-refractivity contribution in [2.24, 2.45) is 0 Å². The molecule has 0 unspecified atom stereocenters. The van der Waals surface area contributed by atoms with Gasteiger partial charge in [0, 0.05) is 0 Å². The Hall–Kier alpha value is -1.51. The highest BCUT2D eigenvalue weighted by molar-refractivity contribution is 5.70. The summed E-state index contributed by atoms with van der Waals surface area (Å²) in [5.74, 6) is 0.0528. The summed E-state index contributed by atoms with van der Waals surface area (Å²) in [6.45, 7) is 0. The summed E-state index contributed by atoms with van der Waals surface area (Å²) >= 11 is 0. The lowest BCUT2D eigenvalue weighted by Gasteiger charge is -2.23. The molecule has 0 atom stereocenters. The molecule has 0 spiro atoms. The maximum atomic E-state index is 10.5. The van der Waals surface area contributed by atoms with Crippen LogP contribution in [0.1, 0.15) is 37.7 Å². The molecule has 3 nitrogen and oxygen atoms in total. The van der Waals surface area contributed by atoms with Gasteiger partial charge in [0.1, 0.15) is 5.75 Å². The van der Waals surface area contributed by atoms with E-state index in [9.17, 15) is 4.79 Å². The van der Waals surface area contributed by atoms with Crippen LogP contribution >= 0.6 is 0 Å². The van der Waals surface area contributed by atoms with Crippen LogP contribution in [0.5, 0.6) is 5.75 Å². The van der Waals surface area contributed by atoms with Crippen LogP contribution in [0.4, 0.5) is 0 Å². The first-order valence-electron chi connectivity index (χ1n) is 6.21. The topological polar surface area (TPSA) is 46.5 Å². The number of ether oxygens (including phenoxy) is 1. The van der Waals surface area contributed by atoms with Crippen molar-refractivity contribution in [2.75, 3.05) is 0 Å². The molecule has 1 saturated carbocycles. The summed E-state index contributed by atoms with van der Waals surface area (Å²) in [6.07, 6.45) is 6.51. The first-order valence-corrected chi connectivity index (χ1v) is 6.21. The van der Waals surface area contributed by atoms with Crippen LogP contribution in [0.2, 0.25) is 0 Å². The van der Waals surface area contributed by atoms with Gasteiger partial charge in [-0.15, -0.1) is 0 Å². The third-order valence-electron chi connectivity index (χ3n) is 3.13. The van der Waals surface area contributed by atoms with Crippen molar-refractivity contribution in [3.05, 3.63) is 29.8 Å². The third kappa shape index (κ3) is 3.77. The zero-order chi connectivity index (χ0) is 12.1. The molecular weight excluding hydrogens is 216 g/mol. The van der Waals surface area contributed by atoms with Crippen molar-refractivity contribution in [1.29, 1.82) is 0 Å². The van der Waals surface area contributed by atoms with Crippen LogP contribution in [0.3, 0.4) is 0 Å². The summed E-state index contributed by atoms with van der Waals surface area (Å²) in [5, 5.41) is 8.67. The monoisotopic (exact) mass is 234 g/mol. The number of hydrogen-bond donors (Lipinski definition) is 1. The number of carbonyl (C=O) groups is 1. The highest BCUT2D eigenvalue weighted by atomic mass is 16.5. The Balaban J connectivity index is 1.90. The number of carboxylic acid groups (broad SMARTS) is 1. The molecule has 0 radical (unpaired) electrons. The molecule has 0 saturated heterocycles. The van der Waals surface area contributed by atoms with Crippen LogP contribution < -0.4 is 4.74 Å². The van der Waals surface area contributed by atoms with E-state index in [1.807, 2.05) is 24.3 Å². The highest BCUT2D eigenvalue weighted by Gasteiger charge is 2.14. The minimum absolute atomic E-state index is 0.0731. The average Bonchev–Trinajstić information content (AvgIpc) is 2.32. The molecule has 1 aliphatic carbocycles. The zero-order valence-electron chi connectivity index (χ0n) is 9.89. The Bertz CT molecular complexity index is 364. The molecule has 2 rings (SSSR count). The molecule has 1 N–H and O–H groups in total. The van der Waals surface area contributed by atoms with Gasteiger partial charge in [0.2, 0.25) is 0 Å². The van der Waals surface area contributed by atoms with E-state index in [0.717, 1.165) is 24.2 Å². The molecule has 0 aromatic heterocycles. The van der Waals surface area contributed by atoms with Gasteiger partial charge >= 0.3 is 5.97 Å². The van der Waals surface area contributed by atoms with Gasteiger partial charge in [-0.3, -0.25) is 4.79 Å². The third-order valence-corrected chi connectivity index (χ3v) is 3.13. The van der Waals surface area contributed by atoms with E-state index in [2.05, 4.69) is 0 Å². The van der Waals surface area contributed by atoms with Gasteiger partial charge in [-0.1, -0.05) is 18.6 Å². The van der Waals surface area contributed by atoms with Gasteiger partial charge in [-0.05, 0) is 43.4 Å². The lowest BCUT2D eigenvalue weighted by atomic mass is 9.98. The van der Waals surface area contributed by atoms with E-state index in [1.165, 1.54) is 19.3 Å². The van der Waals surface area contributed by atoms with Crippen LogP contribution in [-0.2, 0) is 11.2 Å². The van der Waals surface area contributed by atoms with E-state index in [-0.39, 0.29) is 6.42 Å². The molecule has 1 aliphatic rings. The second-order valence-electron chi connectivity index (χ2n) is 4.59. The lowest BCUT2D eigenvalue weighted by Crippen LogP contribution is -2.19. The predicted molar refractivity (Wildman–Crippen MR) is 65.3 cm³/mol. The first-order chi connectivity index (χ1) is 8.24. The summed E-state index contributed by atoms with van der Waals surface area (Å²) in [5.41, 5.74) is 0.813. The maximum Gasteiger partial charge on any atom is 0.307 e. The number of rotatable bonds is 4. The van der Waals surface area contributed by atoms with Gasteiger partial charge in [0.15, 0.2) is 0 Å². The van der Waals surface area contributed by atoms with Crippen LogP contribution in [0.25, 0.3) is 0 Å². The molecule has 17 heavy (non-hydrogen) atoms. The molecule has 0 bridgehead atoms. The molecule has 0 amide bonds. The van der Waals surface area contributed by atoms with Crippen molar-refractivity contribution in [3.63, 3.8) is 0 Å². The highest BCUT2D eigenvalue weighted by Crippen LogP contribution is 2.23. The minimum atomic E-state index is -0.800. The predicted octanol–water partition coefficient (Wildman–Crippen LogP) is 3.03. The Labute approximate surface area is 101 Å². The minimum Gasteiger partial charge on any atom is -0.490 e. The van der Waals surface area contributed by atoms with E-state index >= 15 is 0 Å². The van der Waals surface area contributed by atoms with Crippen molar-refractivity contribution < 1.29 is 14.6 Å². The van der Waals surface area contributed by atoms with Crippen LogP contribution in [0.15, 0.2) is 24.3 Å². The van der Waals surface area contributed by atoms with E-state index in [1.54, 1.807) is 0 Å². The quantitative estimate of drug-likeness (QED) is 0.871. The summed E-state index contributed by atoms with van der Waals surface area (Å²) in [4.78, 5) is 10.5. The molecule has 0 heterocycles. The maximum absolute atomic E-state index is 10.5. The van der Waals surface area contributed by atoms with Crippen molar-refractivity contribution in [1.82, 2.24) is 0 Å². The number of hydrogen-bond acceptors (Lipinski definition) is 2. The second kappa shape index (κ2) is 5.71. The van der Waals surface area contributed by atoms with E-state index < -0.39 is 5.97 Å². The van der Waals surface area contributed by atoms with Gasteiger partial charge in [-0.2, -0.15) is 0 Å². The zero-order valence-corrected chi connectivity index (χ0v) is 9.89. The fourth-order valence-corrected chi connectivity index (χ4v) is 2.24. The summed E-state index contributed by atoms with van der Waals surface area (Å²) < 4.78 is 5.87. The van der Waals surface area contributed by atoms with E-state index in [0.29, 0.717) is 6.10 Å². The Morgan fingerprint density at radius 3 is 2.41 bits per heavy atom. The van der Waals surface area contributed by atoms with Crippen molar-refractivity contribution in [2.45, 2.75) is 44.6 Å². The lowest BCUT2D eigenvalue weighted by molar-refractivity contribution is -0.136. The van der Waals surface area contributed by atoms with E-state index in [4.69, 9.17) is 9.84 Å².